The number of anilines is 3. The molecule has 1 unspecified atom stereocenters. The van der Waals surface area contributed by atoms with Crippen molar-refractivity contribution in [2.75, 3.05) is 34.7 Å². The number of para-hydroxylation sites is 1. The van der Waals surface area contributed by atoms with Crippen molar-refractivity contribution >= 4 is 39.0 Å². The molecule has 160 valence electrons. The molecular formula is C20H23FN4O4S. The summed E-state index contributed by atoms with van der Waals surface area (Å²) in [5, 5.41) is 5.48. The Labute approximate surface area is 174 Å². The van der Waals surface area contributed by atoms with Gasteiger partial charge in [-0.05, 0) is 43.2 Å². The van der Waals surface area contributed by atoms with E-state index in [4.69, 9.17) is 0 Å². The quantitative estimate of drug-likeness (QED) is 0.672. The van der Waals surface area contributed by atoms with Crippen molar-refractivity contribution in [1.29, 1.82) is 0 Å². The van der Waals surface area contributed by atoms with Gasteiger partial charge in [0.2, 0.25) is 15.9 Å². The summed E-state index contributed by atoms with van der Waals surface area (Å²) < 4.78 is 38.6. The van der Waals surface area contributed by atoms with E-state index in [1.807, 2.05) is 18.2 Å². The topological polar surface area (TPSA) is 108 Å². The Morgan fingerprint density at radius 3 is 2.50 bits per heavy atom. The molecule has 0 saturated carbocycles. The van der Waals surface area contributed by atoms with Gasteiger partial charge in [-0.3, -0.25) is 9.52 Å². The molecular weight excluding hydrogens is 411 g/mol. The van der Waals surface area contributed by atoms with Crippen LogP contribution in [0.2, 0.25) is 0 Å². The van der Waals surface area contributed by atoms with Gasteiger partial charge in [0, 0.05) is 24.5 Å². The van der Waals surface area contributed by atoms with Crippen molar-refractivity contribution in [3.63, 3.8) is 0 Å². The van der Waals surface area contributed by atoms with Crippen molar-refractivity contribution in [2.45, 2.75) is 12.8 Å². The number of amides is 3. The van der Waals surface area contributed by atoms with Crippen LogP contribution in [0.15, 0.2) is 48.5 Å². The smallest absolute Gasteiger partial charge is 0.321 e. The molecule has 3 N–H and O–H groups in total. The van der Waals surface area contributed by atoms with Crippen LogP contribution in [-0.4, -0.2) is 44.6 Å². The average Bonchev–Trinajstić information content (AvgIpc) is 2.70. The van der Waals surface area contributed by atoms with Gasteiger partial charge in [0.1, 0.15) is 5.82 Å². The second-order valence-corrected chi connectivity index (χ2v) is 8.89. The maximum Gasteiger partial charge on any atom is 0.321 e. The summed E-state index contributed by atoms with van der Waals surface area (Å²) in [7, 11) is -3.66. The zero-order chi connectivity index (χ0) is 21.7. The number of rotatable bonds is 5. The number of hydrogen-bond donors (Lipinski definition) is 3. The highest BCUT2D eigenvalue weighted by atomic mass is 32.2. The molecule has 1 saturated heterocycles. The predicted molar refractivity (Wildman–Crippen MR) is 113 cm³/mol. The van der Waals surface area contributed by atoms with Gasteiger partial charge in [0.05, 0.1) is 17.9 Å². The van der Waals surface area contributed by atoms with Crippen LogP contribution < -0.4 is 15.4 Å². The maximum atomic E-state index is 13.8. The van der Waals surface area contributed by atoms with Crippen molar-refractivity contribution in [3.8, 4) is 0 Å². The maximum absolute atomic E-state index is 13.8. The first-order valence-electron chi connectivity index (χ1n) is 9.40. The summed E-state index contributed by atoms with van der Waals surface area (Å²) in [5.41, 5.74) is 0.688. The van der Waals surface area contributed by atoms with E-state index in [2.05, 4.69) is 15.4 Å². The number of nitrogens with one attached hydrogen (secondary N) is 3. The van der Waals surface area contributed by atoms with Crippen LogP contribution in [0.3, 0.4) is 0 Å². The lowest BCUT2D eigenvalue weighted by Gasteiger charge is -2.32. The van der Waals surface area contributed by atoms with E-state index < -0.39 is 21.8 Å². The lowest BCUT2D eigenvalue weighted by molar-refractivity contribution is -0.121. The third-order valence-electron chi connectivity index (χ3n) is 4.63. The van der Waals surface area contributed by atoms with Crippen molar-refractivity contribution in [3.05, 3.63) is 54.3 Å². The Morgan fingerprint density at radius 2 is 1.80 bits per heavy atom. The monoisotopic (exact) mass is 434 g/mol. The first kappa shape index (κ1) is 21.6. The van der Waals surface area contributed by atoms with Gasteiger partial charge in [-0.15, -0.1) is 0 Å². The third-order valence-corrected chi connectivity index (χ3v) is 5.22. The van der Waals surface area contributed by atoms with E-state index in [1.54, 1.807) is 17.0 Å². The number of carbonyl (C=O) groups is 2. The lowest BCUT2D eigenvalue weighted by Crippen LogP contribution is -2.45. The molecule has 1 atom stereocenters. The SMILES string of the molecule is CS(=O)(=O)Nc1cc(NC(=O)C2CCCN(C(=O)Nc3ccccc3)C2)ccc1F. The van der Waals surface area contributed by atoms with Gasteiger partial charge in [-0.1, -0.05) is 18.2 Å². The molecule has 0 aliphatic carbocycles. The van der Waals surface area contributed by atoms with Gasteiger partial charge in [0.15, 0.2) is 0 Å². The van der Waals surface area contributed by atoms with E-state index in [-0.39, 0.29) is 29.9 Å². The summed E-state index contributed by atoms with van der Waals surface area (Å²) in [6, 6.07) is 12.4. The third kappa shape index (κ3) is 5.93. The van der Waals surface area contributed by atoms with Crippen molar-refractivity contribution in [1.82, 2.24) is 4.90 Å². The molecule has 1 fully saturated rings. The summed E-state index contributed by atoms with van der Waals surface area (Å²) in [5.74, 6) is -1.50. The summed E-state index contributed by atoms with van der Waals surface area (Å²) >= 11 is 0. The van der Waals surface area contributed by atoms with Crippen LogP contribution in [0.5, 0.6) is 0 Å². The molecule has 3 amide bonds. The Hall–Kier alpha value is -3.14. The predicted octanol–water partition coefficient (Wildman–Crippen LogP) is 3.08. The lowest BCUT2D eigenvalue weighted by atomic mass is 9.97. The van der Waals surface area contributed by atoms with E-state index in [9.17, 15) is 22.4 Å². The standard InChI is InChI=1S/C20H23FN4O4S/c1-30(28,29)24-18-12-16(9-10-17(18)21)22-19(26)14-6-5-11-25(13-14)20(27)23-15-7-3-2-4-8-15/h2-4,7-10,12,14,24H,5-6,11,13H2,1H3,(H,22,26)(H,23,27). The number of benzene rings is 2. The number of hydrogen-bond acceptors (Lipinski definition) is 4. The minimum absolute atomic E-state index is 0.247. The molecule has 0 bridgehead atoms. The molecule has 10 heteroatoms. The molecule has 0 radical (unpaired) electrons. The number of halogens is 1. The molecule has 0 aromatic heterocycles. The van der Waals surface area contributed by atoms with E-state index in [0.717, 1.165) is 12.3 Å². The normalized spacial score (nSPS) is 16.6. The number of likely N-dealkylation sites (tertiary alicyclic amines) is 1. The first-order valence-corrected chi connectivity index (χ1v) is 11.3. The first-order chi connectivity index (χ1) is 14.2. The van der Waals surface area contributed by atoms with Gasteiger partial charge >= 0.3 is 6.03 Å². The number of nitrogens with zero attached hydrogens (tertiary/aromatic N) is 1. The Bertz CT molecular complexity index is 1030. The average molecular weight is 434 g/mol. The van der Waals surface area contributed by atoms with Gasteiger partial charge in [-0.2, -0.15) is 0 Å². The Kier molecular flexibility index (Phi) is 6.56. The Morgan fingerprint density at radius 1 is 1.07 bits per heavy atom. The van der Waals surface area contributed by atoms with Crippen LogP contribution in [0.1, 0.15) is 12.8 Å². The number of piperidine rings is 1. The molecule has 1 aliphatic rings. The minimum atomic E-state index is -3.66. The molecule has 1 aliphatic heterocycles. The Balaban J connectivity index is 1.63. The molecule has 1 heterocycles. The fourth-order valence-electron chi connectivity index (χ4n) is 3.22. The van der Waals surface area contributed by atoms with E-state index >= 15 is 0 Å². The zero-order valence-electron chi connectivity index (χ0n) is 16.4. The molecule has 2 aromatic carbocycles. The number of sulfonamides is 1. The summed E-state index contributed by atoms with van der Waals surface area (Å²) in [6.07, 6.45) is 2.19. The molecule has 2 aromatic rings. The van der Waals surface area contributed by atoms with Gasteiger partial charge < -0.3 is 15.5 Å². The van der Waals surface area contributed by atoms with Crippen LogP contribution in [0, 0.1) is 11.7 Å². The fourth-order valence-corrected chi connectivity index (χ4v) is 3.78. The number of carbonyl (C=O) groups excluding carboxylic acids is 2. The zero-order valence-corrected chi connectivity index (χ0v) is 17.2. The molecule has 30 heavy (non-hydrogen) atoms. The minimum Gasteiger partial charge on any atom is -0.326 e. The largest absolute Gasteiger partial charge is 0.326 e. The van der Waals surface area contributed by atoms with E-state index in [1.165, 1.54) is 12.1 Å². The van der Waals surface area contributed by atoms with Crippen LogP contribution in [0.25, 0.3) is 0 Å². The highest BCUT2D eigenvalue weighted by molar-refractivity contribution is 7.92. The molecule has 3 rings (SSSR count). The second kappa shape index (κ2) is 9.12. The second-order valence-electron chi connectivity index (χ2n) is 7.14. The van der Waals surface area contributed by atoms with Crippen LogP contribution >= 0.6 is 0 Å². The van der Waals surface area contributed by atoms with Gasteiger partial charge in [0.25, 0.3) is 0 Å². The highest BCUT2D eigenvalue weighted by Gasteiger charge is 2.28. The molecule has 0 spiro atoms. The van der Waals surface area contributed by atoms with Crippen LogP contribution in [0.4, 0.5) is 26.2 Å². The highest BCUT2D eigenvalue weighted by Crippen LogP contribution is 2.23. The van der Waals surface area contributed by atoms with Crippen LogP contribution in [-0.2, 0) is 14.8 Å². The summed E-state index contributed by atoms with van der Waals surface area (Å²) in [6.45, 7) is 0.793. The fraction of sp³-hybridized carbons (Fsp3) is 0.300. The summed E-state index contributed by atoms with van der Waals surface area (Å²) in [4.78, 5) is 26.7. The van der Waals surface area contributed by atoms with Gasteiger partial charge in [-0.25, -0.2) is 17.6 Å². The number of urea groups is 1. The van der Waals surface area contributed by atoms with Crippen molar-refractivity contribution in [2.24, 2.45) is 5.92 Å². The van der Waals surface area contributed by atoms with E-state index in [0.29, 0.717) is 25.1 Å². The van der Waals surface area contributed by atoms with Crippen molar-refractivity contribution < 1.29 is 22.4 Å². The molecule has 8 nitrogen and oxygen atoms in total.